The molecule has 1 aliphatic rings. The molecule has 0 fully saturated rings. The maximum Gasteiger partial charge on any atom is 0.316 e. The highest BCUT2D eigenvalue weighted by Gasteiger charge is 2.28. The third-order valence-corrected chi connectivity index (χ3v) is 6.92. The van der Waals surface area contributed by atoms with E-state index in [-0.39, 0.29) is 5.92 Å². The summed E-state index contributed by atoms with van der Waals surface area (Å²) in [5.41, 5.74) is 3.43. The second-order valence-electron chi connectivity index (χ2n) is 6.89. The Hall–Kier alpha value is -1.35. The van der Waals surface area contributed by atoms with E-state index in [1.165, 1.54) is 14.1 Å². The fraction of sp³-hybridized carbons (Fsp3) is 0.333. The van der Waals surface area contributed by atoms with Crippen LogP contribution in [0.2, 0.25) is 10.0 Å². The van der Waals surface area contributed by atoms with Crippen LogP contribution in [0.1, 0.15) is 22.6 Å². The lowest BCUT2D eigenvalue weighted by Crippen LogP contribution is -2.44. The van der Waals surface area contributed by atoms with Crippen molar-refractivity contribution in [1.82, 2.24) is 9.21 Å². The molecule has 1 aliphatic heterocycles. The zero-order chi connectivity index (χ0) is 19.9. The summed E-state index contributed by atoms with van der Waals surface area (Å²) in [5.74, 6) is 5.90. The third-order valence-electron chi connectivity index (χ3n) is 4.73. The van der Waals surface area contributed by atoms with E-state index in [9.17, 15) is 8.42 Å². The first kappa shape index (κ1) is 20.4. The van der Waals surface area contributed by atoms with E-state index in [1.54, 1.807) is 24.3 Å². The van der Waals surface area contributed by atoms with Gasteiger partial charge in [-0.3, -0.25) is 0 Å². The summed E-state index contributed by atoms with van der Waals surface area (Å²) in [6, 6.07) is 10.9. The minimum atomic E-state index is -3.77. The molecule has 0 aliphatic carbocycles. The fourth-order valence-electron chi connectivity index (χ4n) is 3.32. The maximum absolute atomic E-state index is 12.3. The van der Waals surface area contributed by atoms with Crippen LogP contribution in [0.25, 0.3) is 0 Å². The van der Waals surface area contributed by atoms with Gasteiger partial charge in [0, 0.05) is 43.1 Å². The Morgan fingerprint density at radius 1 is 1.19 bits per heavy atom. The van der Waals surface area contributed by atoms with Crippen LogP contribution in [0.5, 0.6) is 0 Å². The number of anilines is 1. The van der Waals surface area contributed by atoms with Gasteiger partial charge in [0.1, 0.15) is 0 Å². The molecule has 3 rings (SSSR count). The first-order valence-corrected chi connectivity index (χ1v) is 10.5. The first-order valence-electron chi connectivity index (χ1n) is 8.35. The standard InChI is InChI=1S/C18H22Cl2N4O2S/c1-22(2)27(25,26)24(21)14-6-4-5-12(7-14)16-10-23(3)11-17-15(16)8-13(19)9-18(17)20/h4-9,16H,10-11,21H2,1-3H3. The van der Waals surface area contributed by atoms with Crippen molar-refractivity contribution in [2.75, 3.05) is 32.1 Å². The van der Waals surface area contributed by atoms with Gasteiger partial charge in [0.05, 0.1) is 5.69 Å². The lowest BCUT2D eigenvalue weighted by atomic mass is 9.84. The lowest BCUT2D eigenvalue weighted by molar-refractivity contribution is 0.295. The Labute approximate surface area is 170 Å². The van der Waals surface area contributed by atoms with Crippen LogP contribution in [0, 0.1) is 0 Å². The van der Waals surface area contributed by atoms with E-state index < -0.39 is 10.2 Å². The van der Waals surface area contributed by atoms with Crippen LogP contribution in [0.4, 0.5) is 5.69 Å². The average molecular weight is 429 g/mol. The number of rotatable bonds is 4. The molecule has 27 heavy (non-hydrogen) atoms. The van der Waals surface area contributed by atoms with Crippen LogP contribution in [0.3, 0.4) is 0 Å². The van der Waals surface area contributed by atoms with Crippen LogP contribution >= 0.6 is 23.2 Å². The highest BCUT2D eigenvalue weighted by atomic mass is 35.5. The van der Waals surface area contributed by atoms with Crippen molar-refractivity contribution in [2.45, 2.75) is 12.5 Å². The molecule has 2 N–H and O–H groups in total. The van der Waals surface area contributed by atoms with E-state index in [2.05, 4.69) is 4.90 Å². The summed E-state index contributed by atoms with van der Waals surface area (Å²) < 4.78 is 26.5. The summed E-state index contributed by atoms with van der Waals surface area (Å²) in [5, 5.41) is 1.22. The number of nitrogens with two attached hydrogens (primary N) is 1. The molecule has 1 heterocycles. The molecule has 0 spiro atoms. The van der Waals surface area contributed by atoms with Crippen LogP contribution in [-0.4, -0.2) is 45.3 Å². The van der Waals surface area contributed by atoms with Gasteiger partial charge in [0.25, 0.3) is 0 Å². The first-order chi connectivity index (χ1) is 12.6. The van der Waals surface area contributed by atoms with Gasteiger partial charge in [-0.1, -0.05) is 35.3 Å². The third kappa shape index (κ3) is 3.94. The summed E-state index contributed by atoms with van der Waals surface area (Å²) in [4.78, 5) is 2.18. The van der Waals surface area contributed by atoms with Gasteiger partial charge in [-0.05, 0) is 48.0 Å². The van der Waals surface area contributed by atoms with Crippen molar-refractivity contribution in [3.8, 4) is 0 Å². The monoisotopic (exact) mass is 428 g/mol. The molecule has 0 saturated carbocycles. The molecule has 2 aromatic rings. The molecule has 0 saturated heterocycles. The summed E-state index contributed by atoms with van der Waals surface area (Å²) in [6.45, 7) is 1.50. The Morgan fingerprint density at radius 3 is 2.56 bits per heavy atom. The van der Waals surface area contributed by atoms with Crippen molar-refractivity contribution in [3.63, 3.8) is 0 Å². The number of likely N-dealkylation sites (N-methyl/N-ethyl adjacent to an activating group) is 1. The van der Waals surface area contributed by atoms with Gasteiger partial charge in [-0.2, -0.15) is 17.1 Å². The predicted octanol–water partition coefficient (Wildman–Crippen LogP) is 3.06. The molecule has 1 unspecified atom stereocenters. The van der Waals surface area contributed by atoms with Crippen LogP contribution < -0.4 is 10.3 Å². The van der Waals surface area contributed by atoms with Crippen molar-refractivity contribution in [1.29, 1.82) is 0 Å². The second kappa shape index (κ2) is 7.58. The van der Waals surface area contributed by atoms with Crippen molar-refractivity contribution in [2.24, 2.45) is 5.84 Å². The van der Waals surface area contributed by atoms with Gasteiger partial charge in [0.15, 0.2) is 0 Å². The highest BCUT2D eigenvalue weighted by Crippen LogP contribution is 2.39. The van der Waals surface area contributed by atoms with Crippen LogP contribution in [0.15, 0.2) is 36.4 Å². The van der Waals surface area contributed by atoms with Crippen molar-refractivity contribution >= 4 is 39.1 Å². The maximum atomic E-state index is 12.3. The van der Waals surface area contributed by atoms with E-state index in [0.29, 0.717) is 15.7 Å². The fourth-order valence-corrected chi connectivity index (χ4v) is 4.62. The Morgan fingerprint density at radius 2 is 1.89 bits per heavy atom. The molecule has 1 atom stereocenters. The largest absolute Gasteiger partial charge is 0.316 e. The molecule has 6 nitrogen and oxygen atoms in total. The lowest BCUT2D eigenvalue weighted by Gasteiger charge is -2.34. The molecule has 2 aromatic carbocycles. The summed E-state index contributed by atoms with van der Waals surface area (Å²) in [7, 11) is 1.13. The minimum absolute atomic E-state index is 0.00496. The van der Waals surface area contributed by atoms with Crippen molar-refractivity contribution in [3.05, 3.63) is 63.1 Å². The number of hydrogen-bond donors (Lipinski definition) is 1. The molecule has 0 radical (unpaired) electrons. The zero-order valence-corrected chi connectivity index (χ0v) is 17.7. The van der Waals surface area contributed by atoms with Crippen LogP contribution in [-0.2, 0) is 16.8 Å². The zero-order valence-electron chi connectivity index (χ0n) is 15.4. The smallest absolute Gasteiger partial charge is 0.301 e. The molecular weight excluding hydrogens is 407 g/mol. The molecule has 146 valence electrons. The average Bonchev–Trinajstić information content (AvgIpc) is 2.61. The SMILES string of the molecule is CN1Cc2c(Cl)cc(Cl)cc2C(c2cccc(N(N)S(=O)(=O)N(C)C)c2)C1. The molecular formula is C18H22Cl2N4O2S. The number of fused-ring (bicyclic) bond motifs is 1. The number of nitrogens with zero attached hydrogens (tertiary/aromatic N) is 3. The van der Waals surface area contributed by atoms with Gasteiger partial charge in [-0.25, -0.2) is 5.84 Å². The molecule has 0 bridgehead atoms. The molecule has 0 aromatic heterocycles. The Balaban J connectivity index is 2.07. The molecule has 9 heteroatoms. The number of hydrazine groups is 1. The minimum Gasteiger partial charge on any atom is -0.301 e. The van der Waals surface area contributed by atoms with Gasteiger partial charge < -0.3 is 4.90 Å². The summed E-state index contributed by atoms with van der Waals surface area (Å²) in [6.07, 6.45) is 0. The number of hydrogen-bond acceptors (Lipinski definition) is 4. The van der Waals surface area contributed by atoms with E-state index in [4.69, 9.17) is 29.0 Å². The summed E-state index contributed by atoms with van der Waals surface area (Å²) >= 11 is 12.7. The Kier molecular flexibility index (Phi) is 5.72. The topological polar surface area (TPSA) is 69.9 Å². The second-order valence-corrected chi connectivity index (χ2v) is 9.75. The van der Waals surface area contributed by atoms with Gasteiger partial charge in [-0.15, -0.1) is 0 Å². The predicted molar refractivity (Wildman–Crippen MR) is 110 cm³/mol. The number of benzene rings is 2. The quantitative estimate of drug-likeness (QED) is 0.599. The number of halogens is 2. The van der Waals surface area contributed by atoms with Gasteiger partial charge in [0.2, 0.25) is 0 Å². The van der Waals surface area contributed by atoms with Gasteiger partial charge >= 0.3 is 10.2 Å². The van der Waals surface area contributed by atoms with E-state index in [1.807, 2.05) is 19.2 Å². The highest BCUT2D eigenvalue weighted by molar-refractivity contribution is 7.90. The van der Waals surface area contributed by atoms with E-state index in [0.717, 1.165) is 38.5 Å². The Bertz CT molecular complexity index is 966. The molecule has 0 amide bonds. The normalized spacial score (nSPS) is 17.8. The van der Waals surface area contributed by atoms with Crippen molar-refractivity contribution < 1.29 is 8.42 Å². The van der Waals surface area contributed by atoms with E-state index >= 15 is 0 Å².